The predicted molar refractivity (Wildman–Crippen MR) is 95.5 cm³/mol. The van der Waals surface area contributed by atoms with E-state index in [0.29, 0.717) is 18.9 Å². The molecule has 6 nitrogen and oxygen atoms in total. The van der Waals surface area contributed by atoms with Crippen LogP contribution in [0.2, 0.25) is 0 Å². The maximum absolute atomic E-state index is 11.3. The van der Waals surface area contributed by atoms with Gasteiger partial charge in [-0.3, -0.25) is 4.99 Å². The molecule has 3 N–H and O–H groups in total. The van der Waals surface area contributed by atoms with E-state index in [9.17, 15) is 13.5 Å². The molecule has 0 aromatic heterocycles. The van der Waals surface area contributed by atoms with E-state index in [1.165, 1.54) is 6.26 Å². The second-order valence-corrected chi connectivity index (χ2v) is 9.33. The van der Waals surface area contributed by atoms with Crippen LogP contribution in [0, 0.1) is 5.41 Å². The highest BCUT2D eigenvalue weighted by Gasteiger charge is 2.35. The largest absolute Gasteiger partial charge is 0.392 e. The molecule has 0 saturated heterocycles. The molecule has 1 fully saturated rings. The molecular formula is C16H33N3O3S. The van der Waals surface area contributed by atoms with Crippen LogP contribution >= 0.6 is 0 Å². The van der Waals surface area contributed by atoms with Gasteiger partial charge in [-0.2, -0.15) is 0 Å². The van der Waals surface area contributed by atoms with Gasteiger partial charge in [-0.15, -0.1) is 0 Å². The van der Waals surface area contributed by atoms with Gasteiger partial charge < -0.3 is 15.7 Å². The summed E-state index contributed by atoms with van der Waals surface area (Å²) in [5.74, 6) is 0.851. The van der Waals surface area contributed by atoms with Crippen molar-refractivity contribution in [3.05, 3.63) is 0 Å². The third-order valence-corrected chi connectivity index (χ3v) is 5.50. The molecule has 0 amide bonds. The average molecular weight is 348 g/mol. The van der Waals surface area contributed by atoms with E-state index in [1.807, 2.05) is 13.8 Å². The van der Waals surface area contributed by atoms with Crippen molar-refractivity contribution < 1.29 is 13.5 Å². The number of aliphatic hydroxyl groups is 1. The molecule has 3 atom stereocenters. The fourth-order valence-corrected chi connectivity index (χ4v) is 3.62. The molecule has 1 aliphatic carbocycles. The summed E-state index contributed by atoms with van der Waals surface area (Å²) in [6.45, 7) is 7.36. The van der Waals surface area contributed by atoms with Crippen LogP contribution in [0.1, 0.15) is 52.9 Å². The van der Waals surface area contributed by atoms with Gasteiger partial charge in [0.05, 0.1) is 18.4 Å². The monoisotopic (exact) mass is 347 g/mol. The number of aliphatic imine (C=N–C) groups is 1. The van der Waals surface area contributed by atoms with E-state index in [-0.39, 0.29) is 23.3 Å². The van der Waals surface area contributed by atoms with Gasteiger partial charge in [0.25, 0.3) is 0 Å². The fourth-order valence-electron chi connectivity index (χ4n) is 2.84. The standard InChI is InChI=1S/C16H33N3O3S/c1-5-17-15(19-13(2)9-11-23(4,21)22)18-12-16(3)10-7-6-8-14(16)20/h13-14,20H,5-12H2,1-4H3,(H2,17,18,19). The Morgan fingerprint density at radius 2 is 2.13 bits per heavy atom. The summed E-state index contributed by atoms with van der Waals surface area (Å²) in [4.78, 5) is 4.63. The summed E-state index contributed by atoms with van der Waals surface area (Å²) < 4.78 is 22.5. The molecule has 0 spiro atoms. The van der Waals surface area contributed by atoms with Crippen molar-refractivity contribution in [3.63, 3.8) is 0 Å². The van der Waals surface area contributed by atoms with Gasteiger partial charge in [-0.1, -0.05) is 19.8 Å². The van der Waals surface area contributed by atoms with E-state index in [4.69, 9.17) is 0 Å². The first-order valence-corrected chi connectivity index (χ1v) is 10.6. The first-order chi connectivity index (χ1) is 10.7. The SMILES string of the molecule is CCNC(=NCC1(C)CCCCC1O)NC(C)CCS(C)(=O)=O. The summed E-state index contributed by atoms with van der Waals surface area (Å²) in [7, 11) is -2.95. The molecule has 0 heterocycles. The van der Waals surface area contributed by atoms with Crippen molar-refractivity contribution in [2.45, 2.75) is 65.0 Å². The van der Waals surface area contributed by atoms with Gasteiger partial charge in [-0.25, -0.2) is 8.42 Å². The molecule has 1 aliphatic rings. The molecule has 0 aliphatic heterocycles. The van der Waals surface area contributed by atoms with Crippen molar-refractivity contribution in [2.75, 3.05) is 25.1 Å². The van der Waals surface area contributed by atoms with Crippen LogP contribution in [0.15, 0.2) is 4.99 Å². The van der Waals surface area contributed by atoms with Gasteiger partial charge in [-0.05, 0) is 33.1 Å². The van der Waals surface area contributed by atoms with Crippen molar-refractivity contribution in [1.29, 1.82) is 0 Å². The second kappa shape index (κ2) is 8.87. The Hall–Kier alpha value is -0.820. The Labute approximate surface area is 141 Å². The fraction of sp³-hybridized carbons (Fsp3) is 0.938. The summed E-state index contributed by atoms with van der Waals surface area (Å²) in [5.41, 5.74) is -0.170. The van der Waals surface area contributed by atoms with Crippen LogP contribution in [0.25, 0.3) is 0 Å². The lowest BCUT2D eigenvalue weighted by Crippen LogP contribution is -2.44. The smallest absolute Gasteiger partial charge is 0.191 e. The third-order valence-electron chi connectivity index (χ3n) is 4.53. The summed E-state index contributed by atoms with van der Waals surface area (Å²) in [6, 6.07) is 0.0200. The topological polar surface area (TPSA) is 90.8 Å². The van der Waals surface area contributed by atoms with Crippen molar-refractivity contribution in [2.24, 2.45) is 10.4 Å². The third kappa shape index (κ3) is 7.52. The minimum atomic E-state index is -2.95. The molecule has 1 saturated carbocycles. The zero-order valence-electron chi connectivity index (χ0n) is 14.9. The minimum absolute atomic E-state index is 0.0200. The molecule has 0 aromatic rings. The molecule has 3 unspecified atom stereocenters. The quantitative estimate of drug-likeness (QED) is 0.477. The highest BCUT2D eigenvalue weighted by atomic mass is 32.2. The molecule has 0 bridgehead atoms. The number of hydrogen-bond acceptors (Lipinski definition) is 4. The second-order valence-electron chi connectivity index (χ2n) is 7.07. The lowest BCUT2D eigenvalue weighted by atomic mass is 9.73. The molecule has 136 valence electrons. The maximum Gasteiger partial charge on any atom is 0.191 e. The number of guanidine groups is 1. The van der Waals surface area contributed by atoms with Crippen LogP contribution in [-0.4, -0.2) is 56.7 Å². The molecule has 0 radical (unpaired) electrons. The van der Waals surface area contributed by atoms with E-state index >= 15 is 0 Å². The number of nitrogens with zero attached hydrogens (tertiary/aromatic N) is 1. The number of sulfone groups is 1. The van der Waals surface area contributed by atoms with E-state index < -0.39 is 9.84 Å². The first-order valence-electron chi connectivity index (χ1n) is 8.57. The maximum atomic E-state index is 11.3. The molecular weight excluding hydrogens is 314 g/mol. The highest BCUT2D eigenvalue weighted by Crippen LogP contribution is 2.36. The zero-order valence-corrected chi connectivity index (χ0v) is 15.7. The molecule has 0 aromatic carbocycles. The van der Waals surface area contributed by atoms with Gasteiger partial charge in [0.2, 0.25) is 0 Å². The normalized spacial score (nSPS) is 27.5. The summed E-state index contributed by atoms with van der Waals surface area (Å²) in [6.07, 6.45) is 5.55. The number of rotatable bonds is 7. The van der Waals surface area contributed by atoms with Gasteiger partial charge in [0.1, 0.15) is 9.84 Å². The van der Waals surface area contributed by atoms with Crippen molar-refractivity contribution in [3.8, 4) is 0 Å². The van der Waals surface area contributed by atoms with E-state index in [0.717, 1.165) is 32.2 Å². The Kier molecular flexibility index (Phi) is 7.80. The van der Waals surface area contributed by atoms with Gasteiger partial charge in [0.15, 0.2) is 5.96 Å². The summed E-state index contributed by atoms with van der Waals surface area (Å²) in [5, 5.41) is 16.7. The Morgan fingerprint density at radius 3 is 2.70 bits per heavy atom. The number of nitrogens with one attached hydrogen (secondary N) is 2. The highest BCUT2D eigenvalue weighted by molar-refractivity contribution is 7.90. The lowest BCUT2D eigenvalue weighted by Gasteiger charge is -2.37. The number of aliphatic hydroxyl groups excluding tert-OH is 1. The molecule has 7 heteroatoms. The van der Waals surface area contributed by atoms with Crippen LogP contribution in [-0.2, 0) is 9.84 Å². The van der Waals surface area contributed by atoms with Crippen molar-refractivity contribution >= 4 is 15.8 Å². The van der Waals surface area contributed by atoms with Gasteiger partial charge >= 0.3 is 0 Å². The van der Waals surface area contributed by atoms with Crippen LogP contribution in [0.5, 0.6) is 0 Å². The van der Waals surface area contributed by atoms with Crippen LogP contribution in [0.4, 0.5) is 0 Å². The lowest BCUT2D eigenvalue weighted by molar-refractivity contribution is 0.00716. The minimum Gasteiger partial charge on any atom is -0.392 e. The van der Waals surface area contributed by atoms with Gasteiger partial charge in [0, 0.05) is 24.3 Å². The zero-order chi connectivity index (χ0) is 17.5. The number of hydrogen-bond donors (Lipinski definition) is 3. The molecule has 23 heavy (non-hydrogen) atoms. The Balaban J connectivity index is 2.62. The predicted octanol–water partition coefficient (Wildman–Crippen LogP) is 1.31. The molecule has 1 rings (SSSR count). The first kappa shape index (κ1) is 20.2. The average Bonchev–Trinajstić information content (AvgIpc) is 2.46. The Bertz CT molecular complexity index is 493. The van der Waals surface area contributed by atoms with E-state index in [2.05, 4.69) is 22.5 Å². The van der Waals surface area contributed by atoms with E-state index in [1.54, 1.807) is 0 Å². The van der Waals surface area contributed by atoms with Crippen LogP contribution in [0.3, 0.4) is 0 Å². The van der Waals surface area contributed by atoms with Crippen LogP contribution < -0.4 is 10.6 Å². The Morgan fingerprint density at radius 1 is 1.43 bits per heavy atom. The van der Waals surface area contributed by atoms with Crippen molar-refractivity contribution in [1.82, 2.24) is 10.6 Å². The summed E-state index contributed by atoms with van der Waals surface area (Å²) >= 11 is 0.